The van der Waals surface area contributed by atoms with E-state index in [9.17, 15) is 19.5 Å². The summed E-state index contributed by atoms with van der Waals surface area (Å²) in [6.07, 6.45) is 0.327. The molecule has 0 fully saturated rings. The van der Waals surface area contributed by atoms with Crippen LogP contribution in [0.15, 0.2) is 72.8 Å². The first-order chi connectivity index (χ1) is 20.2. The number of rotatable bonds is 12. The van der Waals surface area contributed by atoms with Crippen LogP contribution in [-0.2, 0) is 17.8 Å². The minimum absolute atomic E-state index is 0.00296. The van der Waals surface area contributed by atoms with E-state index < -0.39 is 23.8 Å². The molecule has 0 aliphatic carbocycles. The topological polar surface area (TPSA) is 170 Å². The molecular formula is C30H31N5O6S. The maximum absolute atomic E-state index is 14.1. The standard InChI is InChI=1S/C30H31N5O6S/c1-40-22-13-8-18(16-23(22)41-2)14-15-35(30(39)27-24(31)25(28(32)37)34-42-27)26(20-9-11-21(36)12-10-20)29(38)33-17-19-6-4-3-5-7-19/h3-13,16,26,36H,14-15,17,31H2,1-2H3,(H2,32,37)(H,33,38)/t26-/m0/s1. The van der Waals surface area contributed by atoms with Gasteiger partial charge in [0.15, 0.2) is 17.2 Å². The van der Waals surface area contributed by atoms with Gasteiger partial charge in [0.2, 0.25) is 5.91 Å². The lowest BCUT2D eigenvalue weighted by Crippen LogP contribution is -2.44. The molecule has 4 aromatic rings. The molecular weight excluding hydrogens is 558 g/mol. The average Bonchev–Trinajstić information content (AvgIpc) is 3.40. The van der Waals surface area contributed by atoms with Crippen molar-refractivity contribution in [3.05, 3.63) is 100 Å². The first-order valence-electron chi connectivity index (χ1n) is 12.9. The van der Waals surface area contributed by atoms with Gasteiger partial charge in [0.05, 0.1) is 19.9 Å². The van der Waals surface area contributed by atoms with E-state index in [1.807, 2.05) is 36.4 Å². The Bertz CT molecular complexity index is 1560. The molecule has 1 heterocycles. The van der Waals surface area contributed by atoms with Crippen LogP contribution in [0, 0.1) is 0 Å². The van der Waals surface area contributed by atoms with Crippen molar-refractivity contribution in [2.24, 2.45) is 5.73 Å². The number of amides is 3. The molecule has 6 N–H and O–H groups in total. The number of nitrogen functional groups attached to an aromatic ring is 1. The van der Waals surface area contributed by atoms with Gasteiger partial charge in [0.25, 0.3) is 11.8 Å². The molecule has 0 radical (unpaired) electrons. The molecule has 1 atom stereocenters. The number of ether oxygens (including phenoxy) is 2. The lowest BCUT2D eigenvalue weighted by Gasteiger charge is -2.31. The number of carbonyl (C=O) groups excluding carboxylic acids is 3. The predicted octanol–water partition coefficient (Wildman–Crippen LogP) is 3.29. The number of nitrogens with two attached hydrogens (primary N) is 2. The van der Waals surface area contributed by atoms with Gasteiger partial charge in [-0.1, -0.05) is 48.5 Å². The highest BCUT2D eigenvalue weighted by molar-refractivity contribution is 7.09. The molecule has 12 heteroatoms. The van der Waals surface area contributed by atoms with Crippen LogP contribution >= 0.6 is 11.5 Å². The summed E-state index contributed by atoms with van der Waals surface area (Å²) in [7, 11) is 3.06. The second-order valence-electron chi connectivity index (χ2n) is 9.27. The number of benzene rings is 3. The van der Waals surface area contributed by atoms with Crippen LogP contribution in [-0.4, -0.2) is 52.9 Å². The van der Waals surface area contributed by atoms with Gasteiger partial charge < -0.3 is 36.3 Å². The van der Waals surface area contributed by atoms with Gasteiger partial charge in [-0.25, -0.2) is 0 Å². The number of phenols is 1. The van der Waals surface area contributed by atoms with E-state index in [1.54, 1.807) is 24.3 Å². The summed E-state index contributed by atoms with van der Waals surface area (Å²) in [5.74, 6) is -0.859. The molecule has 0 saturated heterocycles. The first-order valence-corrected chi connectivity index (χ1v) is 13.7. The number of nitrogens with zero attached hydrogens (tertiary/aromatic N) is 2. The zero-order chi connectivity index (χ0) is 30.2. The highest BCUT2D eigenvalue weighted by Gasteiger charge is 2.34. The lowest BCUT2D eigenvalue weighted by molar-refractivity contribution is -0.126. The van der Waals surface area contributed by atoms with E-state index in [4.69, 9.17) is 20.9 Å². The SMILES string of the molecule is COc1ccc(CCN(C(=O)c2snc(C(N)=O)c2N)[C@H](C(=O)NCc2ccccc2)c2ccc(O)cc2)cc1OC. The van der Waals surface area contributed by atoms with E-state index in [0.717, 1.165) is 22.7 Å². The number of methoxy groups -OCH3 is 2. The Morgan fingerprint density at radius 3 is 2.29 bits per heavy atom. The zero-order valence-electron chi connectivity index (χ0n) is 23.1. The van der Waals surface area contributed by atoms with Crippen molar-refractivity contribution >= 4 is 34.9 Å². The van der Waals surface area contributed by atoms with Crippen LogP contribution in [0.25, 0.3) is 0 Å². The summed E-state index contributed by atoms with van der Waals surface area (Å²) in [5, 5.41) is 12.8. The van der Waals surface area contributed by atoms with Crippen molar-refractivity contribution in [3.8, 4) is 17.2 Å². The number of hydrogen-bond donors (Lipinski definition) is 4. The molecule has 0 aliphatic rings. The highest BCUT2D eigenvalue weighted by Crippen LogP contribution is 2.31. The summed E-state index contributed by atoms with van der Waals surface area (Å²) in [5.41, 5.74) is 13.3. The highest BCUT2D eigenvalue weighted by atomic mass is 32.1. The molecule has 0 unspecified atom stereocenters. The number of aromatic nitrogens is 1. The summed E-state index contributed by atoms with van der Waals surface area (Å²) < 4.78 is 14.7. The van der Waals surface area contributed by atoms with Gasteiger partial charge in [0, 0.05) is 13.1 Å². The van der Waals surface area contributed by atoms with Gasteiger partial charge in [0.1, 0.15) is 16.7 Å². The molecule has 3 amide bonds. The van der Waals surface area contributed by atoms with Gasteiger partial charge in [-0.05, 0) is 58.9 Å². The Morgan fingerprint density at radius 1 is 0.976 bits per heavy atom. The van der Waals surface area contributed by atoms with E-state index in [-0.39, 0.29) is 35.1 Å². The fourth-order valence-electron chi connectivity index (χ4n) is 4.40. The van der Waals surface area contributed by atoms with Crippen molar-refractivity contribution in [1.82, 2.24) is 14.6 Å². The molecule has 0 aliphatic heterocycles. The van der Waals surface area contributed by atoms with Crippen LogP contribution < -0.4 is 26.3 Å². The molecule has 11 nitrogen and oxygen atoms in total. The van der Waals surface area contributed by atoms with Gasteiger partial charge in [-0.3, -0.25) is 14.4 Å². The smallest absolute Gasteiger partial charge is 0.270 e. The minimum Gasteiger partial charge on any atom is -0.508 e. The number of aromatic hydroxyl groups is 1. The second kappa shape index (κ2) is 13.5. The van der Waals surface area contributed by atoms with Crippen LogP contribution in [0.5, 0.6) is 17.2 Å². The Hall–Kier alpha value is -5.10. The monoisotopic (exact) mass is 589 g/mol. The third-order valence-electron chi connectivity index (χ3n) is 6.58. The Labute approximate surface area is 246 Å². The predicted molar refractivity (Wildman–Crippen MR) is 158 cm³/mol. The molecule has 218 valence electrons. The molecule has 4 rings (SSSR count). The van der Waals surface area contributed by atoms with Crippen molar-refractivity contribution in [1.29, 1.82) is 0 Å². The first kappa shape index (κ1) is 29.9. The Morgan fingerprint density at radius 2 is 1.67 bits per heavy atom. The number of nitrogens with one attached hydrogen (secondary N) is 1. The molecule has 0 spiro atoms. The van der Waals surface area contributed by atoms with Crippen molar-refractivity contribution in [3.63, 3.8) is 0 Å². The fraction of sp³-hybridized carbons (Fsp3) is 0.200. The Balaban J connectivity index is 1.74. The van der Waals surface area contributed by atoms with E-state index in [1.165, 1.54) is 31.3 Å². The summed E-state index contributed by atoms with van der Waals surface area (Å²) in [6.45, 7) is 0.294. The molecule has 0 saturated carbocycles. The number of hydrogen-bond acceptors (Lipinski definition) is 9. The minimum atomic E-state index is -1.12. The summed E-state index contributed by atoms with van der Waals surface area (Å²) >= 11 is 0.735. The van der Waals surface area contributed by atoms with Gasteiger partial charge >= 0.3 is 0 Å². The number of anilines is 1. The van der Waals surface area contributed by atoms with E-state index in [0.29, 0.717) is 23.5 Å². The zero-order valence-corrected chi connectivity index (χ0v) is 23.9. The van der Waals surface area contributed by atoms with Gasteiger partial charge in [-0.15, -0.1) is 0 Å². The van der Waals surface area contributed by atoms with Crippen LogP contribution in [0.3, 0.4) is 0 Å². The largest absolute Gasteiger partial charge is 0.508 e. The molecule has 42 heavy (non-hydrogen) atoms. The summed E-state index contributed by atoms with van der Waals surface area (Å²) in [6, 6.07) is 19.6. The van der Waals surface area contributed by atoms with Crippen LogP contribution in [0.1, 0.15) is 42.9 Å². The third kappa shape index (κ3) is 6.78. The Kier molecular flexibility index (Phi) is 9.61. The molecule has 0 bridgehead atoms. The lowest BCUT2D eigenvalue weighted by atomic mass is 10.0. The quantitative estimate of drug-likeness (QED) is 0.195. The number of phenolic OH excluding ortho intramolecular Hbond substituents is 1. The maximum atomic E-state index is 14.1. The number of carbonyl (C=O) groups is 3. The molecule has 1 aromatic heterocycles. The van der Waals surface area contributed by atoms with Crippen molar-refractivity contribution in [2.45, 2.75) is 19.0 Å². The molecule has 3 aromatic carbocycles. The van der Waals surface area contributed by atoms with Gasteiger partial charge in [-0.2, -0.15) is 4.37 Å². The fourth-order valence-corrected chi connectivity index (χ4v) is 5.17. The van der Waals surface area contributed by atoms with Crippen LogP contribution in [0.2, 0.25) is 0 Å². The van der Waals surface area contributed by atoms with E-state index in [2.05, 4.69) is 9.69 Å². The summed E-state index contributed by atoms with van der Waals surface area (Å²) in [4.78, 5) is 41.1. The second-order valence-corrected chi connectivity index (χ2v) is 10.0. The van der Waals surface area contributed by atoms with Crippen molar-refractivity contribution < 1.29 is 29.0 Å². The van der Waals surface area contributed by atoms with E-state index >= 15 is 0 Å². The maximum Gasteiger partial charge on any atom is 0.270 e. The van der Waals surface area contributed by atoms with Crippen molar-refractivity contribution in [2.75, 3.05) is 26.5 Å². The third-order valence-corrected chi connectivity index (χ3v) is 7.44. The normalized spacial score (nSPS) is 11.4. The van der Waals surface area contributed by atoms with Crippen LogP contribution in [0.4, 0.5) is 5.69 Å². The average molecular weight is 590 g/mol. The number of primary amides is 1.